The lowest BCUT2D eigenvalue weighted by Crippen LogP contribution is -2.23. The molecule has 0 aromatic heterocycles. The van der Waals surface area contributed by atoms with E-state index in [0.717, 1.165) is 11.6 Å². The number of hydrogen-bond acceptors (Lipinski definition) is 5. The van der Waals surface area contributed by atoms with Crippen LogP contribution in [-0.2, 0) is 6.54 Å². The SMILES string of the molecule is COc1ccc(C(=O)NCc2cc(OC)c(OC)c(OC)c2)c(F)c1. The summed E-state index contributed by atoms with van der Waals surface area (Å²) in [4.78, 5) is 12.2. The first kappa shape index (κ1) is 18.4. The van der Waals surface area contributed by atoms with Crippen molar-refractivity contribution in [3.8, 4) is 23.0 Å². The van der Waals surface area contributed by atoms with Gasteiger partial charge in [-0.2, -0.15) is 0 Å². The molecule has 6 nitrogen and oxygen atoms in total. The van der Waals surface area contributed by atoms with Crippen LogP contribution < -0.4 is 24.3 Å². The summed E-state index contributed by atoms with van der Waals surface area (Å²) >= 11 is 0. The molecule has 2 rings (SSSR count). The van der Waals surface area contributed by atoms with Crippen LogP contribution in [0.3, 0.4) is 0 Å². The van der Waals surface area contributed by atoms with E-state index in [1.54, 1.807) is 12.1 Å². The Balaban J connectivity index is 2.16. The number of hydrogen-bond donors (Lipinski definition) is 1. The largest absolute Gasteiger partial charge is 0.497 e. The third kappa shape index (κ3) is 4.12. The monoisotopic (exact) mass is 349 g/mol. The summed E-state index contributed by atoms with van der Waals surface area (Å²) in [5.41, 5.74) is 0.657. The molecule has 0 unspecified atom stereocenters. The van der Waals surface area contributed by atoms with Gasteiger partial charge in [0.15, 0.2) is 11.5 Å². The van der Waals surface area contributed by atoms with E-state index in [2.05, 4.69) is 5.32 Å². The first-order valence-corrected chi connectivity index (χ1v) is 7.44. The van der Waals surface area contributed by atoms with Crippen molar-refractivity contribution in [3.05, 3.63) is 47.3 Å². The summed E-state index contributed by atoms with van der Waals surface area (Å²) in [6.45, 7) is 0.168. The normalized spacial score (nSPS) is 10.1. The van der Waals surface area contributed by atoms with Crippen LogP contribution in [0.5, 0.6) is 23.0 Å². The van der Waals surface area contributed by atoms with Gasteiger partial charge in [-0.25, -0.2) is 4.39 Å². The number of methoxy groups -OCH3 is 4. The highest BCUT2D eigenvalue weighted by Gasteiger charge is 2.15. The Labute approximate surface area is 145 Å². The van der Waals surface area contributed by atoms with Crippen molar-refractivity contribution in [3.63, 3.8) is 0 Å². The fourth-order valence-corrected chi connectivity index (χ4v) is 2.32. The second-order valence-corrected chi connectivity index (χ2v) is 5.06. The van der Waals surface area contributed by atoms with Gasteiger partial charge in [0.2, 0.25) is 5.75 Å². The van der Waals surface area contributed by atoms with Gasteiger partial charge in [0.1, 0.15) is 11.6 Å². The van der Waals surface area contributed by atoms with Gasteiger partial charge in [0, 0.05) is 12.6 Å². The maximum Gasteiger partial charge on any atom is 0.254 e. The fraction of sp³-hybridized carbons (Fsp3) is 0.278. The molecular weight excluding hydrogens is 329 g/mol. The number of carbonyl (C=O) groups excluding carboxylic acids is 1. The van der Waals surface area contributed by atoms with Crippen LogP contribution in [0.1, 0.15) is 15.9 Å². The zero-order chi connectivity index (χ0) is 18.4. The van der Waals surface area contributed by atoms with Crippen molar-refractivity contribution in [2.75, 3.05) is 28.4 Å². The van der Waals surface area contributed by atoms with Gasteiger partial charge in [0.05, 0.1) is 34.0 Å². The van der Waals surface area contributed by atoms with Crippen LogP contribution in [0.2, 0.25) is 0 Å². The third-order valence-corrected chi connectivity index (χ3v) is 3.60. The zero-order valence-electron chi connectivity index (χ0n) is 14.5. The highest BCUT2D eigenvalue weighted by Crippen LogP contribution is 2.38. The fourth-order valence-electron chi connectivity index (χ4n) is 2.32. The van der Waals surface area contributed by atoms with E-state index >= 15 is 0 Å². The minimum atomic E-state index is -0.651. The minimum Gasteiger partial charge on any atom is -0.497 e. The number of nitrogens with one attached hydrogen (secondary N) is 1. The van der Waals surface area contributed by atoms with Gasteiger partial charge >= 0.3 is 0 Å². The molecule has 1 amide bonds. The number of ether oxygens (including phenoxy) is 4. The Bertz CT molecular complexity index is 738. The molecule has 2 aromatic rings. The lowest BCUT2D eigenvalue weighted by molar-refractivity contribution is 0.0946. The van der Waals surface area contributed by atoms with Crippen molar-refractivity contribution < 1.29 is 28.1 Å². The number of benzene rings is 2. The maximum absolute atomic E-state index is 14.0. The second kappa shape index (κ2) is 8.23. The molecule has 7 heteroatoms. The van der Waals surface area contributed by atoms with Gasteiger partial charge in [-0.1, -0.05) is 0 Å². The molecule has 0 fully saturated rings. The van der Waals surface area contributed by atoms with E-state index in [4.69, 9.17) is 18.9 Å². The molecule has 0 aliphatic rings. The van der Waals surface area contributed by atoms with E-state index in [0.29, 0.717) is 23.0 Å². The highest BCUT2D eigenvalue weighted by atomic mass is 19.1. The number of halogens is 1. The molecule has 134 valence electrons. The molecule has 0 spiro atoms. The van der Waals surface area contributed by atoms with Crippen molar-refractivity contribution in [2.45, 2.75) is 6.54 Å². The van der Waals surface area contributed by atoms with E-state index in [9.17, 15) is 9.18 Å². The van der Waals surface area contributed by atoms with Gasteiger partial charge in [-0.3, -0.25) is 4.79 Å². The topological polar surface area (TPSA) is 66.0 Å². The predicted molar refractivity (Wildman–Crippen MR) is 90.2 cm³/mol. The van der Waals surface area contributed by atoms with Crippen LogP contribution in [0.15, 0.2) is 30.3 Å². The first-order chi connectivity index (χ1) is 12.0. The van der Waals surface area contributed by atoms with Crippen molar-refractivity contribution in [1.82, 2.24) is 5.32 Å². The number of amides is 1. The standard InChI is InChI=1S/C18H20FNO5/c1-22-12-5-6-13(14(19)9-12)18(21)20-10-11-7-15(23-2)17(25-4)16(8-11)24-3/h5-9H,10H2,1-4H3,(H,20,21). The Morgan fingerprint density at radius 1 is 0.960 bits per heavy atom. The van der Waals surface area contributed by atoms with E-state index in [1.807, 2.05) is 0 Å². The summed E-state index contributed by atoms with van der Waals surface area (Å²) < 4.78 is 34.6. The number of carbonyl (C=O) groups is 1. The maximum atomic E-state index is 14.0. The summed E-state index contributed by atoms with van der Waals surface area (Å²) in [5.74, 6) is 0.569. The molecule has 25 heavy (non-hydrogen) atoms. The molecule has 0 saturated carbocycles. The van der Waals surface area contributed by atoms with Crippen LogP contribution in [0.4, 0.5) is 4.39 Å². The highest BCUT2D eigenvalue weighted by molar-refractivity contribution is 5.94. The average Bonchev–Trinajstić information content (AvgIpc) is 2.64. The Kier molecular flexibility index (Phi) is 6.05. The lowest BCUT2D eigenvalue weighted by atomic mass is 10.1. The van der Waals surface area contributed by atoms with Crippen LogP contribution in [-0.4, -0.2) is 34.3 Å². The summed E-state index contributed by atoms with van der Waals surface area (Å²) in [6, 6.07) is 7.49. The predicted octanol–water partition coefficient (Wildman–Crippen LogP) is 2.79. The van der Waals surface area contributed by atoms with Crippen LogP contribution in [0, 0.1) is 5.82 Å². The Morgan fingerprint density at radius 2 is 1.60 bits per heavy atom. The molecule has 0 saturated heterocycles. The number of rotatable bonds is 7. The molecule has 0 atom stereocenters. The van der Waals surface area contributed by atoms with Crippen molar-refractivity contribution >= 4 is 5.91 Å². The van der Waals surface area contributed by atoms with Crippen molar-refractivity contribution in [1.29, 1.82) is 0 Å². The molecular formula is C18H20FNO5. The summed E-state index contributed by atoms with van der Waals surface area (Å²) in [7, 11) is 5.95. The second-order valence-electron chi connectivity index (χ2n) is 5.06. The van der Waals surface area contributed by atoms with E-state index in [1.165, 1.54) is 40.6 Å². The van der Waals surface area contributed by atoms with Crippen molar-refractivity contribution in [2.24, 2.45) is 0 Å². The van der Waals surface area contributed by atoms with E-state index in [-0.39, 0.29) is 12.1 Å². The molecule has 1 N–H and O–H groups in total. The zero-order valence-corrected chi connectivity index (χ0v) is 14.5. The molecule has 2 aromatic carbocycles. The quantitative estimate of drug-likeness (QED) is 0.833. The smallest absolute Gasteiger partial charge is 0.254 e. The summed E-state index contributed by atoms with van der Waals surface area (Å²) in [5, 5.41) is 2.66. The molecule has 0 aliphatic heterocycles. The molecule has 0 heterocycles. The lowest BCUT2D eigenvalue weighted by Gasteiger charge is -2.14. The van der Waals surface area contributed by atoms with Gasteiger partial charge < -0.3 is 24.3 Å². The minimum absolute atomic E-state index is 0.0618. The Morgan fingerprint density at radius 3 is 2.08 bits per heavy atom. The molecule has 0 bridgehead atoms. The molecule has 0 radical (unpaired) electrons. The summed E-state index contributed by atoms with van der Waals surface area (Å²) in [6.07, 6.45) is 0. The Hall–Kier alpha value is -2.96. The molecule has 0 aliphatic carbocycles. The first-order valence-electron chi connectivity index (χ1n) is 7.44. The van der Waals surface area contributed by atoms with Crippen LogP contribution >= 0.6 is 0 Å². The third-order valence-electron chi connectivity index (χ3n) is 3.60. The van der Waals surface area contributed by atoms with Gasteiger partial charge in [-0.05, 0) is 29.8 Å². The average molecular weight is 349 g/mol. The van der Waals surface area contributed by atoms with Crippen LogP contribution in [0.25, 0.3) is 0 Å². The van der Waals surface area contributed by atoms with Gasteiger partial charge in [0.25, 0.3) is 5.91 Å². The van der Waals surface area contributed by atoms with Gasteiger partial charge in [-0.15, -0.1) is 0 Å². The van der Waals surface area contributed by atoms with E-state index < -0.39 is 11.7 Å².